The molecule has 0 spiro atoms. The van der Waals surface area contributed by atoms with Crippen molar-refractivity contribution >= 4 is 32.4 Å². The van der Waals surface area contributed by atoms with Crippen molar-refractivity contribution in [3.8, 4) is 0 Å². The van der Waals surface area contributed by atoms with Gasteiger partial charge in [-0.15, -0.1) is 0 Å². The average molecular weight is 495 g/mol. The van der Waals surface area contributed by atoms with Crippen LogP contribution in [0.1, 0.15) is 23.3 Å². The first kappa shape index (κ1) is 23.3. The number of benzene rings is 1. The van der Waals surface area contributed by atoms with Gasteiger partial charge < -0.3 is 14.2 Å². The highest BCUT2D eigenvalue weighted by molar-refractivity contribution is 7.92. The van der Waals surface area contributed by atoms with Crippen LogP contribution >= 0.6 is 0 Å². The van der Waals surface area contributed by atoms with Crippen LogP contribution < -0.4 is 5.56 Å². The lowest BCUT2D eigenvalue weighted by atomic mass is 10.1. The summed E-state index contributed by atoms with van der Waals surface area (Å²) < 4.78 is 34.4. The van der Waals surface area contributed by atoms with Crippen molar-refractivity contribution in [3.05, 3.63) is 76.8 Å². The van der Waals surface area contributed by atoms with Crippen molar-refractivity contribution in [3.63, 3.8) is 0 Å². The highest BCUT2D eigenvalue weighted by Crippen LogP contribution is 2.26. The molecule has 1 amide bonds. The summed E-state index contributed by atoms with van der Waals surface area (Å²) in [5.41, 5.74) is 1.03. The maximum absolute atomic E-state index is 13.6. The van der Waals surface area contributed by atoms with Crippen LogP contribution in [0, 0.1) is 0 Å². The van der Waals surface area contributed by atoms with E-state index in [1.54, 1.807) is 77.4 Å². The first-order valence-corrected chi connectivity index (χ1v) is 13.0. The van der Waals surface area contributed by atoms with Crippen LogP contribution in [-0.4, -0.2) is 65.2 Å². The summed E-state index contributed by atoms with van der Waals surface area (Å²) >= 11 is 0. The number of fused-ring (bicyclic) bond motifs is 2. The van der Waals surface area contributed by atoms with E-state index in [-0.39, 0.29) is 11.5 Å². The maximum atomic E-state index is 13.6. The second-order valence-corrected chi connectivity index (χ2v) is 10.8. The van der Waals surface area contributed by atoms with E-state index in [4.69, 9.17) is 4.74 Å². The number of amides is 1. The van der Waals surface area contributed by atoms with Gasteiger partial charge in [0.2, 0.25) is 0 Å². The van der Waals surface area contributed by atoms with Crippen molar-refractivity contribution in [1.82, 2.24) is 18.9 Å². The molecule has 0 bridgehead atoms. The van der Waals surface area contributed by atoms with Crippen molar-refractivity contribution in [2.45, 2.75) is 29.5 Å². The summed E-state index contributed by atoms with van der Waals surface area (Å²) in [4.78, 5) is 33.3. The van der Waals surface area contributed by atoms with E-state index in [1.165, 1.54) is 4.40 Å². The van der Waals surface area contributed by atoms with Crippen LogP contribution in [0.3, 0.4) is 0 Å². The summed E-state index contributed by atoms with van der Waals surface area (Å²) in [5, 5.41) is -0.181. The molecular formula is C25H26N4O5S. The molecule has 0 atom stereocenters. The molecule has 4 heterocycles. The number of hydrogen-bond donors (Lipinski definition) is 0. The first-order chi connectivity index (χ1) is 16.9. The van der Waals surface area contributed by atoms with Crippen molar-refractivity contribution in [2.24, 2.45) is 0 Å². The Labute approximate surface area is 202 Å². The summed E-state index contributed by atoms with van der Waals surface area (Å²) in [6, 6.07) is 15.3. The second kappa shape index (κ2) is 9.27. The van der Waals surface area contributed by atoms with Crippen molar-refractivity contribution < 1.29 is 17.9 Å². The lowest BCUT2D eigenvalue weighted by Gasteiger charge is -2.32. The van der Waals surface area contributed by atoms with Gasteiger partial charge in [0.15, 0.2) is 9.84 Å². The fraction of sp³-hybridized carbons (Fsp3) is 0.320. The van der Waals surface area contributed by atoms with Crippen LogP contribution in [-0.2, 0) is 21.1 Å². The molecule has 0 aliphatic carbocycles. The summed E-state index contributed by atoms with van der Waals surface area (Å²) in [6.07, 6.45) is 2.36. The maximum Gasteiger partial charge on any atom is 0.270 e. The van der Waals surface area contributed by atoms with Crippen LogP contribution in [0.15, 0.2) is 70.5 Å². The van der Waals surface area contributed by atoms with Gasteiger partial charge in [0.05, 0.1) is 22.1 Å². The monoisotopic (exact) mass is 494 g/mol. The van der Waals surface area contributed by atoms with E-state index in [9.17, 15) is 18.0 Å². The number of ether oxygens (including phenoxy) is 1. The van der Waals surface area contributed by atoms with Gasteiger partial charge >= 0.3 is 0 Å². The molecular weight excluding hydrogens is 468 g/mol. The van der Waals surface area contributed by atoms with Crippen LogP contribution in [0.25, 0.3) is 16.7 Å². The van der Waals surface area contributed by atoms with Gasteiger partial charge in [0.25, 0.3) is 11.5 Å². The highest BCUT2D eigenvalue weighted by Gasteiger charge is 2.34. The molecule has 10 heteroatoms. The molecule has 1 saturated heterocycles. The normalized spacial score (nSPS) is 15.2. The number of sulfone groups is 1. The zero-order valence-electron chi connectivity index (χ0n) is 19.3. The number of rotatable bonds is 6. The van der Waals surface area contributed by atoms with Crippen LogP contribution in [0.4, 0.5) is 0 Å². The van der Waals surface area contributed by atoms with Gasteiger partial charge in [-0.2, -0.15) is 0 Å². The minimum Gasteiger partial charge on any atom is -0.383 e. The smallest absolute Gasteiger partial charge is 0.270 e. The number of nitrogens with zero attached hydrogens (tertiary/aromatic N) is 4. The largest absolute Gasteiger partial charge is 0.383 e. The Morgan fingerprint density at radius 3 is 2.51 bits per heavy atom. The Hall–Kier alpha value is -3.50. The molecule has 1 aromatic carbocycles. The molecule has 1 aliphatic heterocycles. The van der Waals surface area contributed by atoms with Crippen molar-refractivity contribution in [1.29, 1.82) is 0 Å². The molecule has 0 N–H and O–H groups in total. The number of piperidine rings is 1. The predicted octanol–water partition coefficient (Wildman–Crippen LogP) is 2.37. The highest BCUT2D eigenvalue weighted by atomic mass is 32.2. The van der Waals surface area contributed by atoms with Gasteiger partial charge in [-0.1, -0.05) is 24.3 Å². The lowest BCUT2D eigenvalue weighted by molar-refractivity contribution is 0.0713. The topological polar surface area (TPSA) is 103 Å². The van der Waals surface area contributed by atoms with E-state index < -0.39 is 15.1 Å². The van der Waals surface area contributed by atoms with Gasteiger partial charge in [0.1, 0.15) is 17.0 Å². The van der Waals surface area contributed by atoms with Crippen molar-refractivity contribution in [2.75, 3.05) is 26.8 Å². The van der Waals surface area contributed by atoms with Crippen LogP contribution in [0.2, 0.25) is 0 Å². The molecule has 35 heavy (non-hydrogen) atoms. The molecule has 3 aromatic heterocycles. The number of hydrogen-bond acceptors (Lipinski definition) is 6. The number of methoxy groups -OCH3 is 1. The summed E-state index contributed by atoms with van der Waals surface area (Å²) in [6.45, 7) is 1.33. The number of aromatic nitrogens is 3. The standard InChI is InChI=1S/C25H26N4O5S/c1-34-16-15-28-21(17-20-23(28)26-22-9-5-6-12-29(22)24(20)30)25(31)27-13-10-19(11-14-27)35(32,33)18-7-3-2-4-8-18/h2-9,12,17,19H,10-11,13-16H2,1H3. The third-order valence-corrected chi connectivity index (χ3v) is 8.83. The molecule has 182 valence electrons. The fourth-order valence-electron chi connectivity index (χ4n) is 4.67. The molecule has 9 nitrogen and oxygen atoms in total. The Bertz CT molecular complexity index is 1550. The fourth-order valence-corrected chi connectivity index (χ4v) is 6.42. The molecule has 1 fully saturated rings. The third kappa shape index (κ3) is 4.12. The van der Waals surface area contributed by atoms with Gasteiger partial charge in [-0.05, 0) is 43.2 Å². The third-order valence-electron chi connectivity index (χ3n) is 6.55. The van der Waals surface area contributed by atoms with E-state index in [2.05, 4.69) is 4.98 Å². The van der Waals surface area contributed by atoms with Crippen LogP contribution in [0.5, 0.6) is 0 Å². The molecule has 0 radical (unpaired) electrons. The number of carbonyl (C=O) groups excluding carboxylic acids is 1. The summed E-state index contributed by atoms with van der Waals surface area (Å²) in [5.74, 6) is -0.247. The minimum atomic E-state index is -3.46. The van der Waals surface area contributed by atoms with E-state index in [0.29, 0.717) is 66.4 Å². The van der Waals surface area contributed by atoms with E-state index in [0.717, 1.165) is 0 Å². The number of likely N-dealkylation sites (tertiary alicyclic amines) is 1. The number of pyridine rings is 1. The Balaban J connectivity index is 1.45. The first-order valence-electron chi connectivity index (χ1n) is 11.5. The summed E-state index contributed by atoms with van der Waals surface area (Å²) in [7, 11) is -1.89. The molecule has 0 unspecified atom stereocenters. The lowest BCUT2D eigenvalue weighted by Crippen LogP contribution is -2.43. The zero-order valence-corrected chi connectivity index (χ0v) is 20.1. The molecule has 4 aromatic rings. The number of carbonyl (C=O) groups is 1. The Kier molecular flexibility index (Phi) is 6.16. The van der Waals surface area contributed by atoms with Gasteiger partial charge in [-0.25, -0.2) is 13.4 Å². The van der Waals surface area contributed by atoms with Gasteiger partial charge in [0, 0.05) is 32.9 Å². The Morgan fingerprint density at radius 2 is 1.80 bits per heavy atom. The molecule has 1 aliphatic rings. The minimum absolute atomic E-state index is 0.247. The average Bonchev–Trinajstić information content (AvgIpc) is 3.26. The van der Waals surface area contributed by atoms with E-state index in [1.807, 2.05) is 0 Å². The molecule has 5 rings (SSSR count). The SMILES string of the molecule is COCCn1c(C(=O)N2CCC(S(=O)(=O)c3ccccc3)CC2)cc2c(=O)n3ccccc3nc21. The molecule has 0 saturated carbocycles. The Morgan fingerprint density at radius 1 is 1.09 bits per heavy atom. The second-order valence-electron chi connectivity index (χ2n) is 8.61. The predicted molar refractivity (Wildman–Crippen MR) is 131 cm³/mol. The van der Waals surface area contributed by atoms with E-state index >= 15 is 0 Å². The quantitative estimate of drug-likeness (QED) is 0.408. The van der Waals surface area contributed by atoms with Gasteiger partial charge in [-0.3, -0.25) is 14.0 Å². The zero-order chi connectivity index (χ0) is 24.6.